The summed E-state index contributed by atoms with van der Waals surface area (Å²) in [6.45, 7) is 0. The van der Waals surface area contributed by atoms with E-state index in [2.05, 4.69) is 149 Å². The summed E-state index contributed by atoms with van der Waals surface area (Å²) < 4.78 is 7.96. The highest BCUT2D eigenvalue weighted by molar-refractivity contribution is 7.27. The van der Waals surface area contributed by atoms with E-state index in [4.69, 9.17) is 0 Å². The molecule has 4 heterocycles. The lowest BCUT2D eigenvalue weighted by molar-refractivity contribution is 1.31. The molecule has 0 fully saturated rings. The highest BCUT2D eigenvalue weighted by Gasteiger charge is 2.22. The molecule has 2 nitrogen and oxygen atoms in total. The first-order valence-corrected chi connectivity index (χ1v) is 19.0. The van der Waals surface area contributed by atoms with Gasteiger partial charge >= 0.3 is 0 Å². The molecule has 0 bridgehead atoms. The number of rotatable bonds is 3. The van der Waals surface area contributed by atoms with Gasteiger partial charge in [-0.15, -0.1) is 34.0 Å². The summed E-state index contributed by atoms with van der Waals surface area (Å²) in [6.07, 6.45) is 0. The molecule has 0 radical (unpaired) electrons. The number of aromatic amines is 1. The zero-order chi connectivity index (χ0) is 31.8. The molecule has 0 aliphatic heterocycles. The Hall–Kier alpha value is -5.46. The summed E-state index contributed by atoms with van der Waals surface area (Å²) >= 11 is 5.65. The van der Waals surface area contributed by atoms with Gasteiger partial charge in [0, 0.05) is 104 Å². The summed E-state index contributed by atoms with van der Waals surface area (Å²) in [5.74, 6) is 0. The fourth-order valence-corrected chi connectivity index (χ4v) is 11.7. The van der Waals surface area contributed by atoms with Crippen molar-refractivity contribution in [1.29, 1.82) is 0 Å². The molecule has 4 aromatic heterocycles. The van der Waals surface area contributed by atoms with Crippen LogP contribution in [-0.4, -0.2) is 4.98 Å². The fraction of sp³-hybridized carbons (Fsp3) is 0. The van der Waals surface area contributed by atoms with Crippen molar-refractivity contribution in [3.63, 3.8) is 0 Å². The lowest BCUT2D eigenvalue weighted by Gasteiger charge is -2.27. The van der Waals surface area contributed by atoms with Crippen LogP contribution in [0.2, 0.25) is 0 Å². The fourth-order valence-electron chi connectivity index (χ4n) is 8.20. The number of thiophene rings is 3. The van der Waals surface area contributed by atoms with Crippen LogP contribution in [0.4, 0.5) is 17.1 Å². The number of nitrogens with one attached hydrogen (secondary N) is 1. The number of hydrogen-bond donors (Lipinski definition) is 1. The standard InChI is InChI=1S/C44H24N2S3/c1-4-10-37-26(7-1)29-15-13-24(21-40(29)47-37)46(25-14-16-30-27-8-2-5-11-38(27)48-41(30)22-25)36-20-19-34-42-31(36)17-18-32-43(42)35(45-34)23-33-28-9-3-6-12-39(28)49-44(32)33/h1-23,45H. The average Bonchev–Trinajstić information content (AvgIpc) is 3.91. The number of H-pyrrole nitrogens is 1. The predicted molar refractivity (Wildman–Crippen MR) is 218 cm³/mol. The Kier molecular flexibility index (Phi) is 5.18. The normalized spacial score (nSPS) is 12.5. The Balaban J connectivity index is 1.15. The summed E-state index contributed by atoms with van der Waals surface area (Å²) in [5.41, 5.74) is 5.91. The Labute approximate surface area is 292 Å². The van der Waals surface area contributed by atoms with Crippen molar-refractivity contribution >= 4 is 144 Å². The smallest absolute Gasteiger partial charge is 0.0541 e. The summed E-state index contributed by atoms with van der Waals surface area (Å²) in [6, 6.07) is 52.0. The quantitative estimate of drug-likeness (QED) is 0.185. The lowest BCUT2D eigenvalue weighted by atomic mass is 9.98. The van der Waals surface area contributed by atoms with Crippen molar-refractivity contribution in [2.45, 2.75) is 0 Å². The predicted octanol–water partition coefficient (Wildman–Crippen LogP) is 14.5. The first-order valence-electron chi connectivity index (χ1n) is 16.5. The van der Waals surface area contributed by atoms with Gasteiger partial charge in [-0.1, -0.05) is 78.9 Å². The molecule has 228 valence electrons. The number of nitrogens with zero attached hydrogens (tertiary/aromatic N) is 1. The highest BCUT2D eigenvalue weighted by Crippen LogP contribution is 2.49. The van der Waals surface area contributed by atoms with E-state index >= 15 is 0 Å². The van der Waals surface area contributed by atoms with Gasteiger partial charge in [0.2, 0.25) is 0 Å². The first kappa shape index (κ1) is 26.5. The Bertz CT molecular complexity index is 3190. The molecule has 0 amide bonds. The van der Waals surface area contributed by atoms with Crippen molar-refractivity contribution < 1.29 is 0 Å². The lowest BCUT2D eigenvalue weighted by Crippen LogP contribution is -2.10. The molecule has 0 atom stereocenters. The molecule has 12 aromatic rings. The van der Waals surface area contributed by atoms with Gasteiger partial charge in [-0.3, -0.25) is 0 Å². The van der Waals surface area contributed by atoms with Crippen LogP contribution in [0, 0.1) is 0 Å². The van der Waals surface area contributed by atoms with Crippen LogP contribution in [0.15, 0.2) is 140 Å². The van der Waals surface area contributed by atoms with E-state index in [0.717, 1.165) is 0 Å². The number of benzene rings is 8. The topological polar surface area (TPSA) is 19.0 Å². The van der Waals surface area contributed by atoms with Gasteiger partial charge in [-0.05, 0) is 60.7 Å². The van der Waals surface area contributed by atoms with Crippen molar-refractivity contribution in [2.75, 3.05) is 4.90 Å². The zero-order valence-corrected chi connectivity index (χ0v) is 28.4. The second-order valence-electron chi connectivity index (χ2n) is 13.0. The second-order valence-corrected chi connectivity index (χ2v) is 16.2. The van der Waals surface area contributed by atoms with E-state index < -0.39 is 0 Å². The van der Waals surface area contributed by atoms with Gasteiger partial charge in [0.25, 0.3) is 0 Å². The second kappa shape index (κ2) is 9.58. The van der Waals surface area contributed by atoms with Crippen LogP contribution >= 0.6 is 34.0 Å². The van der Waals surface area contributed by atoms with Gasteiger partial charge in [-0.25, -0.2) is 0 Å². The molecule has 8 aromatic carbocycles. The van der Waals surface area contributed by atoms with Crippen LogP contribution in [0.3, 0.4) is 0 Å². The van der Waals surface area contributed by atoms with Gasteiger partial charge in [0.15, 0.2) is 0 Å². The molecule has 0 aliphatic rings. The summed E-state index contributed by atoms with van der Waals surface area (Å²) in [4.78, 5) is 6.30. The largest absolute Gasteiger partial charge is 0.354 e. The van der Waals surface area contributed by atoms with Gasteiger partial charge < -0.3 is 9.88 Å². The van der Waals surface area contributed by atoms with E-state index in [0.29, 0.717) is 0 Å². The average molecular weight is 677 g/mol. The SMILES string of the molecule is c1ccc2c(c1)sc1cc(N(c3ccc4c(c3)sc3ccccc34)c3ccc4[nH]c5cc6c7ccccc7sc6c6ccc3c4c56)ccc12. The van der Waals surface area contributed by atoms with Gasteiger partial charge in [0.1, 0.15) is 0 Å². The third-order valence-corrected chi connectivity index (χ3v) is 13.8. The van der Waals surface area contributed by atoms with Crippen molar-refractivity contribution in [3.8, 4) is 0 Å². The van der Waals surface area contributed by atoms with E-state index in [1.165, 1.54) is 110 Å². The molecule has 49 heavy (non-hydrogen) atoms. The molecule has 0 saturated carbocycles. The maximum absolute atomic E-state index is 3.82. The number of aromatic nitrogens is 1. The maximum Gasteiger partial charge on any atom is 0.0541 e. The van der Waals surface area contributed by atoms with E-state index in [1.54, 1.807) is 0 Å². The third-order valence-electron chi connectivity index (χ3n) is 10.3. The molecule has 5 heteroatoms. The minimum absolute atomic E-state index is 1.17. The molecular formula is C44H24N2S3. The third kappa shape index (κ3) is 3.59. The molecule has 0 spiro atoms. The Morgan fingerprint density at radius 2 is 0.878 bits per heavy atom. The van der Waals surface area contributed by atoms with E-state index in [-0.39, 0.29) is 0 Å². The number of fused-ring (bicyclic) bond motifs is 10. The van der Waals surface area contributed by atoms with Crippen molar-refractivity contribution in [2.24, 2.45) is 0 Å². The Morgan fingerprint density at radius 3 is 1.53 bits per heavy atom. The van der Waals surface area contributed by atoms with E-state index in [9.17, 15) is 0 Å². The van der Waals surface area contributed by atoms with Gasteiger partial charge in [-0.2, -0.15) is 0 Å². The zero-order valence-electron chi connectivity index (χ0n) is 26.0. The monoisotopic (exact) mass is 676 g/mol. The summed E-state index contributed by atoms with van der Waals surface area (Å²) in [5, 5.41) is 13.2. The van der Waals surface area contributed by atoms with Crippen LogP contribution in [-0.2, 0) is 0 Å². The van der Waals surface area contributed by atoms with Crippen LogP contribution in [0.1, 0.15) is 0 Å². The summed E-state index contributed by atoms with van der Waals surface area (Å²) in [7, 11) is 0. The number of hydrogen-bond acceptors (Lipinski definition) is 4. The van der Waals surface area contributed by atoms with Crippen LogP contribution < -0.4 is 4.90 Å². The molecule has 0 unspecified atom stereocenters. The molecule has 0 aliphatic carbocycles. The van der Waals surface area contributed by atoms with Gasteiger partial charge in [0.05, 0.1) is 5.69 Å². The van der Waals surface area contributed by atoms with Crippen molar-refractivity contribution in [3.05, 3.63) is 140 Å². The van der Waals surface area contributed by atoms with E-state index in [1.807, 2.05) is 34.0 Å². The Morgan fingerprint density at radius 1 is 0.367 bits per heavy atom. The molecular weight excluding hydrogens is 653 g/mol. The molecule has 1 N–H and O–H groups in total. The van der Waals surface area contributed by atoms with Crippen molar-refractivity contribution in [1.82, 2.24) is 4.98 Å². The number of anilines is 3. The highest BCUT2D eigenvalue weighted by atomic mass is 32.1. The maximum atomic E-state index is 3.82. The first-order chi connectivity index (χ1) is 24.3. The minimum atomic E-state index is 1.17. The minimum Gasteiger partial charge on any atom is -0.354 e. The molecule has 0 saturated heterocycles. The van der Waals surface area contributed by atoms with Crippen LogP contribution in [0.5, 0.6) is 0 Å². The molecule has 12 rings (SSSR count). The van der Waals surface area contributed by atoms with Crippen LogP contribution in [0.25, 0.3) is 93.1 Å².